The zero-order valence-corrected chi connectivity index (χ0v) is 18.4. The first-order chi connectivity index (χ1) is 15.5. The van der Waals surface area contributed by atoms with E-state index in [-0.39, 0.29) is 5.91 Å². The van der Waals surface area contributed by atoms with E-state index < -0.39 is 5.91 Å². The van der Waals surface area contributed by atoms with E-state index in [0.29, 0.717) is 33.1 Å². The SMILES string of the molecule is Cc1ccc2cc(/C=C3/C(=O)N(c4ccccc4)C(=O)c4ccccc43)c(Cl)nc2c1C. The summed E-state index contributed by atoms with van der Waals surface area (Å²) in [7, 11) is 0. The van der Waals surface area contributed by atoms with Crippen molar-refractivity contribution < 1.29 is 9.59 Å². The maximum absolute atomic E-state index is 13.6. The summed E-state index contributed by atoms with van der Waals surface area (Å²) in [5.41, 5.74) is 5.66. The van der Waals surface area contributed by atoms with Crippen LogP contribution < -0.4 is 4.90 Å². The van der Waals surface area contributed by atoms with Crippen LogP contribution in [0.3, 0.4) is 0 Å². The minimum absolute atomic E-state index is 0.312. The van der Waals surface area contributed by atoms with Gasteiger partial charge in [-0.2, -0.15) is 0 Å². The molecule has 5 rings (SSSR count). The number of para-hydroxylation sites is 1. The van der Waals surface area contributed by atoms with Gasteiger partial charge < -0.3 is 0 Å². The molecule has 0 saturated heterocycles. The molecule has 1 aromatic heterocycles. The molecule has 5 heteroatoms. The van der Waals surface area contributed by atoms with Gasteiger partial charge in [0.05, 0.1) is 11.2 Å². The number of halogens is 1. The van der Waals surface area contributed by atoms with Crippen molar-refractivity contribution in [3.05, 3.63) is 106 Å². The Bertz CT molecular complexity index is 1440. The number of hydrogen-bond donors (Lipinski definition) is 0. The minimum atomic E-state index is -0.392. The van der Waals surface area contributed by atoms with Crippen molar-refractivity contribution in [2.45, 2.75) is 13.8 Å². The molecule has 0 bridgehead atoms. The lowest BCUT2D eigenvalue weighted by molar-refractivity contribution is -0.112. The van der Waals surface area contributed by atoms with Crippen LogP contribution >= 0.6 is 11.6 Å². The van der Waals surface area contributed by atoms with Crippen LogP contribution in [-0.4, -0.2) is 16.8 Å². The van der Waals surface area contributed by atoms with Crippen LogP contribution in [0.1, 0.15) is 32.6 Å². The first-order valence-corrected chi connectivity index (χ1v) is 10.6. The third-order valence-corrected chi connectivity index (χ3v) is 6.19. The van der Waals surface area contributed by atoms with Crippen LogP contribution in [0.15, 0.2) is 72.8 Å². The van der Waals surface area contributed by atoms with Gasteiger partial charge in [-0.1, -0.05) is 60.1 Å². The number of rotatable bonds is 2. The molecule has 4 aromatic rings. The van der Waals surface area contributed by atoms with Crippen molar-refractivity contribution in [1.82, 2.24) is 4.98 Å². The molecule has 0 atom stereocenters. The highest BCUT2D eigenvalue weighted by atomic mass is 35.5. The van der Waals surface area contributed by atoms with Gasteiger partial charge in [0.1, 0.15) is 5.15 Å². The highest BCUT2D eigenvalue weighted by molar-refractivity contribution is 6.43. The second-order valence-electron chi connectivity index (χ2n) is 7.83. The summed E-state index contributed by atoms with van der Waals surface area (Å²) in [5.74, 6) is -0.737. The Morgan fingerprint density at radius 1 is 0.844 bits per heavy atom. The summed E-state index contributed by atoms with van der Waals surface area (Å²) in [4.78, 5) is 32.5. The van der Waals surface area contributed by atoms with Crippen LogP contribution in [0, 0.1) is 13.8 Å². The number of imide groups is 1. The number of benzene rings is 3. The van der Waals surface area contributed by atoms with E-state index in [1.165, 1.54) is 4.90 Å². The second kappa shape index (κ2) is 7.74. The lowest BCUT2D eigenvalue weighted by Crippen LogP contribution is -2.41. The van der Waals surface area contributed by atoms with Gasteiger partial charge in [-0.25, -0.2) is 9.88 Å². The first kappa shape index (κ1) is 20.2. The number of anilines is 1. The van der Waals surface area contributed by atoms with E-state index in [2.05, 4.69) is 4.98 Å². The summed E-state index contributed by atoms with van der Waals surface area (Å²) >= 11 is 6.56. The number of pyridine rings is 1. The first-order valence-electron chi connectivity index (χ1n) is 10.3. The molecule has 2 heterocycles. The molecule has 0 saturated carbocycles. The molecule has 2 amide bonds. The van der Waals surface area contributed by atoms with Gasteiger partial charge in [0, 0.05) is 22.1 Å². The van der Waals surface area contributed by atoms with Gasteiger partial charge in [0.2, 0.25) is 0 Å². The molecule has 0 unspecified atom stereocenters. The summed E-state index contributed by atoms with van der Waals surface area (Å²) in [6, 6.07) is 22.0. The summed E-state index contributed by atoms with van der Waals surface area (Å²) in [6.07, 6.45) is 1.73. The topological polar surface area (TPSA) is 50.3 Å². The zero-order chi connectivity index (χ0) is 22.4. The number of fused-ring (bicyclic) bond motifs is 2. The fourth-order valence-corrected chi connectivity index (χ4v) is 4.23. The summed E-state index contributed by atoms with van der Waals surface area (Å²) < 4.78 is 0. The zero-order valence-electron chi connectivity index (χ0n) is 17.6. The molecule has 32 heavy (non-hydrogen) atoms. The van der Waals surface area contributed by atoms with Gasteiger partial charge in [0.25, 0.3) is 11.8 Å². The highest BCUT2D eigenvalue weighted by Crippen LogP contribution is 2.35. The van der Waals surface area contributed by atoms with Gasteiger partial charge in [-0.05, 0) is 60.9 Å². The lowest BCUT2D eigenvalue weighted by Gasteiger charge is -2.28. The largest absolute Gasteiger partial charge is 0.268 e. The van der Waals surface area contributed by atoms with Crippen molar-refractivity contribution in [2.75, 3.05) is 4.90 Å². The molecule has 0 spiro atoms. The maximum Gasteiger partial charge on any atom is 0.265 e. The van der Waals surface area contributed by atoms with E-state index in [9.17, 15) is 9.59 Å². The van der Waals surface area contributed by atoms with Crippen molar-refractivity contribution in [2.24, 2.45) is 0 Å². The second-order valence-corrected chi connectivity index (χ2v) is 8.19. The Hall–Kier alpha value is -3.76. The van der Waals surface area contributed by atoms with Gasteiger partial charge in [-0.3, -0.25) is 9.59 Å². The Kier molecular flexibility index (Phi) is 4.87. The van der Waals surface area contributed by atoms with Crippen molar-refractivity contribution in [1.29, 1.82) is 0 Å². The van der Waals surface area contributed by atoms with Crippen molar-refractivity contribution in [3.8, 4) is 0 Å². The average Bonchev–Trinajstić information content (AvgIpc) is 2.81. The van der Waals surface area contributed by atoms with Crippen LogP contribution in [0.25, 0.3) is 22.6 Å². The normalized spacial score (nSPS) is 14.8. The van der Waals surface area contributed by atoms with E-state index in [0.717, 1.165) is 22.0 Å². The molecule has 0 radical (unpaired) electrons. The molecule has 3 aromatic carbocycles. The average molecular weight is 439 g/mol. The number of aromatic nitrogens is 1. The van der Waals surface area contributed by atoms with E-state index >= 15 is 0 Å². The molecular weight excluding hydrogens is 420 g/mol. The van der Waals surface area contributed by atoms with E-state index in [1.54, 1.807) is 48.5 Å². The highest BCUT2D eigenvalue weighted by Gasteiger charge is 2.35. The molecule has 0 fully saturated rings. The quantitative estimate of drug-likeness (QED) is 0.212. The van der Waals surface area contributed by atoms with Gasteiger partial charge in [-0.15, -0.1) is 0 Å². The fourth-order valence-electron chi connectivity index (χ4n) is 4.04. The number of aryl methyl sites for hydroxylation is 2. The summed E-state index contributed by atoms with van der Waals surface area (Å²) in [5, 5.41) is 1.25. The standard InChI is InChI=1S/C27H19ClN2O2/c1-16-12-13-18-14-19(25(28)29-24(18)17(16)2)15-23-21-10-6-7-11-22(21)26(31)30(27(23)32)20-8-4-3-5-9-20/h3-15H,1-2H3/b23-15+. The number of carbonyl (C=O) groups excluding carboxylic acids is 2. The Labute approximate surface area is 190 Å². The number of carbonyl (C=O) groups is 2. The Morgan fingerprint density at radius 3 is 2.28 bits per heavy atom. The lowest BCUT2D eigenvalue weighted by atomic mass is 9.91. The molecule has 1 aliphatic heterocycles. The summed E-state index contributed by atoms with van der Waals surface area (Å²) in [6.45, 7) is 4.05. The molecule has 1 aliphatic rings. The van der Waals surface area contributed by atoms with Gasteiger partial charge in [0.15, 0.2) is 0 Å². The monoisotopic (exact) mass is 438 g/mol. The molecule has 0 N–H and O–H groups in total. The van der Waals surface area contributed by atoms with Crippen LogP contribution in [-0.2, 0) is 4.79 Å². The van der Waals surface area contributed by atoms with Crippen LogP contribution in [0.4, 0.5) is 5.69 Å². The predicted molar refractivity (Wildman–Crippen MR) is 129 cm³/mol. The van der Waals surface area contributed by atoms with Crippen molar-refractivity contribution >= 4 is 51.7 Å². The minimum Gasteiger partial charge on any atom is -0.268 e. The van der Waals surface area contributed by atoms with Crippen molar-refractivity contribution in [3.63, 3.8) is 0 Å². The maximum atomic E-state index is 13.6. The third-order valence-electron chi connectivity index (χ3n) is 5.89. The number of nitrogens with zero attached hydrogens (tertiary/aromatic N) is 2. The van der Waals surface area contributed by atoms with Crippen LogP contribution in [0.5, 0.6) is 0 Å². The predicted octanol–water partition coefficient (Wildman–Crippen LogP) is 6.23. The smallest absolute Gasteiger partial charge is 0.265 e. The number of amides is 2. The van der Waals surface area contributed by atoms with Crippen LogP contribution in [0.2, 0.25) is 5.15 Å². The molecular formula is C27H19ClN2O2. The third kappa shape index (κ3) is 3.20. The Morgan fingerprint density at radius 2 is 1.53 bits per heavy atom. The van der Waals surface area contributed by atoms with E-state index in [1.807, 2.05) is 44.2 Å². The fraction of sp³-hybridized carbons (Fsp3) is 0.0741. The Balaban J connectivity index is 1.72. The molecule has 4 nitrogen and oxygen atoms in total. The van der Waals surface area contributed by atoms with Gasteiger partial charge >= 0.3 is 0 Å². The number of hydrogen-bond acceptors (Lipinski definition) is 3. The molecule has 156 valence electrons. The molecule has 0 aliphatic carbocycles. The van der Waals surface area contributed by atoms with E-state index in [4.69, 9.17) is 11.6 Å².